The fourth-order valence-electron chi connectivity index (χ4n) is 3.05. The van der Waals surface area contributed by atoms with E-state index < -0.39 is 5.97 Å². The number of hydrogen-bond acceptors (Lipinski definition) is 6. The molecule has 3 aromatic rings. The highest BCUT2D eigenvalue weighted by Crippen LogP contribution is 2.34. The molecular weight excluding hydrogens is 542 g/mol. The minimum Gasteiger partial charge on any atom is -0.492 e. The van der Waals surface area contributed by atoms with Gasteiger partial charge in [0.25, 0.3) is 11.1 Å². The molecule has 0 aliphatic carbocycles. The molecule has 1 aliphatic heterocycles. The summed E-state index contributed by atoms with van der Waals surface area (Å²) in [4.78, 5) is 38.8. The summed E-state index contributed by atoms with van der Waals surface area (Å²) < 4.78 is 11.5. The lowest BCUT2D eigenvalue weighted by Crippen LogP contribution is -2.32. The summed E-state index contributed by atoms with van der Waals surface area (Å²) in [7, 11) is 0. The minimum absolute atomic E-state index is 0.153. The van der Waals surface area contributed by atoms with Gasteiger partial charge in [-0.25, -0.2) is 4.79 Å². The molecule has 0 saturated carbocycles. The van der Waals surface area contributed by atoms with Gasteiger partial charge in [0.2, 0.25) is 0 Å². The van der Waals surface area contributed by atoms with Crippen LogP contribution < -0.4 is 9.47 Å². The van der Waals surface area contributed by atoms with E-state index in [0.717, 1.165) is 16.7 Å². The number of ether oxygens (including phenoxy) is 2. The molecule has 2 amide bonds. The van der Waals surface area contributed by atoms with Gasteiger partial charge in [0.1, 0.15) is 18.1 Å². The standard InChI is InChI=1S/C25H17BrClNO5S/c26-20-14-16(6-11-21(20)33-24(30)17-7-9-18(27)10-8-17)15-22-23(29)28(25(31)34-22)12-13-32-19-4-2-1-3-5-19/h1-11,14-15H,12-13H2/b22-15-. The van der Waals surface area contributed by atoms with Crippen molar-refractivity contribution in [2.24, 2.45) is 0 Å². The first-order valence-electron chi connectivity index (χ1n) is 10.1. The molecule has 1 heterocycles. The van der Waals surface area contributed by atoms with E-state index in [2.05, 4.69) is 15.9 Å². The molecule has 9 heteroatoms. The van der Waals surface area contributed by atoms with Crippen molar-refractivity contribution in [1.29, 1.82) is 0 Å². The zero-order chi connectivity index (χ0) is 24.1. The Morgan fingerprint density at radius 1 is 1.03 bits per heavy atom. The first kappa shape index (κ1) is 24.1. The minimum atomic E-state index is -0.524. The third-order valence-electron chi connectivity index (χ3n) is 4.74. The second-order valence-corrected chi connectivity index (χ2v) is 9.37. The molecule has 0 aromatic heterocycles. The van der Waals surface area contributed by atoms with Crippen LogP contribution >= 0.6 is 39.3 Å². The van der Waals surface area contributed by atoms with Gasteiger partial charge in [0.05, 0.1) is 21.5 Å². The largest absolute Gasteiger partial charge is 0.492 e. The van der Waals surface area contributed by atoms with E-state index in [1.807, 2.05) is 30.3 Å². The van der Waals surface area contributed by atoms with Gasteiger partial charge in [-0.05, 0) is 87.9 Å². The highest BCUT2D eigenvalue weighted by atomic mass is 79.9. The number of benzene rings is 3. The SMILES string of the molecule is O=C(Oc1ccc(/C=C2\SC(=O)N(CCOc3ccccc3)C2=O)cc1Br)c1ccc(Cl)cc1. The Morgan fingerprint density at radius 3 is 2.47 bits per heavy atom. The van der Waals surface area contributed by atoms with Gasteiger partial charge in [-0.2, -0.15) is 0 Å². The molecule has 4 rings (SSSR count). The molecule has 0 bridgehead atoms. The third kappa shape index (κ3) is 5.88. The topological polar surface area (TPSA) is 72.9 Å². The summed E-state index contributed by atoms with van der Waals surface area (Å²) in [6.45, 7) is 0.356. The molecule has 34 heavy (non-hydrogen) atoms. The van der Waals surface area contributed by atoms with Crippen LogP contribution in [0.15, 0.2) is 82.2 Å². The molecule has 1 aliphatic rings. The van der Waals surface area contributed by atoms with E-state index >= 15 is 0 Å². The Hall–Kier alpha value is -3.07. The zero-order valence-electron chi connectivity index (χ0n) is 17.6. The predicted octanol–water partition coefficient (Wildman–Crippen LogP) is 6.44. The third-order valence-corrected chi connectivity index (χ3v) is 6.52. The van der Waals surface area contributed by atoms with E-state index in [0.29, 0.717) is 37.0 Å². The van der Waals surface area contributed by atoms with Gasteiger partial charge in [-0.1, -0.05) is 35.9 Å². The van der Waals surface area contributed by atoms with E-state index in [1.54, 1.807) is 48.5 Å². The van der Waals surface area contributed by atoms with Crippen molar-refractivity contribution in [3.8, 4) is 11.5 Å². The fourth-order valence-corrected chi connectivity index (χ4v) is 4.52. The van der Waals surface area contributed by atoms with Crippen LogP contribution in [-0.4, -0.2) is 35.2 Å². The summed E-state index contributed by atoms with van der Waals surface area (Å²) in [5.74, 6) is 0.0972. The molecule has 3 aromatic carbocycles. The van der Waals surface area contributed by atoms with Crippen molar-refractivity contribution >= 4 is 62.5 Å². The summed E-state index contributed by atoms with van der Waals surface area (Å²) >= 11 is 10.1. The summed E-state index contributed by atoms with van der Waals surface area (Å²) in [6, 6.07) is 20.6. The average molecular weight is 559 g/mol. The molecule has 0 unspecified atom stereocenters. The number of rotatable bonds is 7. The van der Waals surface area contributed by atoms with E-state index in [1.165, 1.54) is 0 Å². The zero-order valence-corrected chi connectivity index (χ0v) is 20.7. The molecule has 0 atom stereocenters. The van der Waals surface area contributed by atoms with Crippen LogP contribution in [0.3, 0.4) is 0 Å². The number of nitrogens with zero attached hydrogens (tertiary/aromatic N) is 1. The summed E-state index contributed by atoms with van der Waals surface area (Å²) in [5, 5.41) is 0.177. The van der Waals surface area contributed by atoms with Gasteiger partial charge in [-0.15, -0.1) is 0 Å². The Bertz CT molecular complexity index is 1260. The van der Waals surface area contributed by atoms with Crippen molar-refractivity contribution in [2.45, 2.75) is 0 Å². The maximum atomic E-state index is 12.7. The lowest BCUT2D eigenvalue weighted by molar-refractivity contribution is -0.123. The highest BCUT2D eigenvalue weighted by Gasteiger charge is 2.34. The van der Waals surface area contributed by atoms with Crippen molar-refractivity contribution in [3.63, 3.8) is 0 Å². The molecule has 0 spiro atoms. The van der Waals surface area contributed by atoms with Gasteiger partial charge in [0.15, 0.2) is 0 Å². The van der Waals surface area contributed by atoms with E-state index in [-0.39, 0.29) is 24.3 Å². The number of hydrogen-bond donors (Lipinski definition) is 0. The van der Waals surface area contributed by atoms with Crippen LogP contribution in [0.1, 0.15) is 15.9 Å². The molecule has 1 saturated heterocycles. The number of para-hydroxylation sites is 1. The lowest BCUT2D eigenvalue weighted by atomic mass is 10.2. The molecule has 172 valence electrons. The fraction of sp³-hybridized carbons (Fsp3) is 0.0800. The van der Waals surface area contributed by atoms with Crippen LogP contribution in [-0.2, 0) is 4.79 Å². The molecule has 0 radical (unpaired) electrons. The van der Waals surface area contributed by atoms with Crippen molar-refractivity contribution in [2.75, 3.05) is 13.2 Å². The Balaban J connectivity index is 1.39. The van der Waals surface area contributed by atoms with Crippen molar-refractivity contribution < 1.29 is 23.9 Å². The monoisotopic (exact) mass is 557 g/mol. The van der Waals surface area contributed by atoms with Gasteiger partial charge < -0.3 is 9.47 Å². The maximum Gasteiger partial charge on any atom is 0.343 e. The van der Waals surface area contributed by atoms with Gasteiger partial charge in [-0.3, -0.25) is 14.5 Å². The maximum absolute atomic E-state index is 12.7. The van der Waals surface area contributed by atoms with Gasteiger partial charge >= 0.3 is 5.97 Å². The van der Waals surface area contributed by atoms with Crippen LogP contribution in [0.25, 0.3) is 6.08 Å². The first-order valence-corrected chi connectivity index (χ1v) is 12.1. The van der Waals surface area contributed by atoms with Crippen LogP contribution in [0, 0.1) is 0 Å². The van der Waals surface area contributed by atoms with Crippen molar-refractivity contribution in [3.05, 3.63) is 98.3 Å². The van der Waals surface area contributed by atoms with E-state index in [4.69, 9.17) is 21.1 Å². The van der Waals surface area contributed by atoms with Crippen LogP contribution in [0.4, 0.5) is 4.79 Å². The smallest absolute Gasteiger partial charge is 0.343 e. The number of carbonyl (C=O) groups excluding carboxylic acids is 3. The second-order valence-electron chi connectivity index (χ2n) is 7.08. The lowest BCUT2D eigenvalue weighted by Gasteiger charge is -2.13. The van der Waals surface area contributed by atoms with Crippen LogP contribution in [0.2, 0.25) is 5.02 Å². The number of esters is 1. The number of thioether (sulfide) groups is 1. The second kappa shape index (κ2) is 10.9. The quantitative estimate of drug-likeness (QED) is 0.189. The Morgan fingerprint density at radius 2 is 1.76 bits per heavy atom. The summed E-state index contributed by atoms with van der Waals surface area (Å²) in [6.07, 6.45) is 1.62. The highest BCUT2D eigenvalue weighted by molar-refractivity contribution is 9.10. The molecule has 0 N–H and O–H groups in total. The average Bonchev–Trinajstić information content (AvgIpc) is 3.09. The molecule has 6 nitrogen and oxygen atoms in total. The van der Waals surface area contributed by atoms with Crippen LogP contribution in [0.5, 0.6) is 11.5 Å². The first-order chi connectivity index (χ1) is 16.4. The number of halogens is 2. The predicted molar refractivity (Wildman–Crippen MR) is 135 cm³/mol. The number of carbonyl (C=O) groups is 3. The molecule has 1 fully saturated rings. The van der Waals surface area contributed by atoms with Crippen molar-refractivity contribution in [1.82, 2.24) is 4.90 Å². The number of amides is 2. The van der Waals surface area contributed by atoms with E-state index in [9.17, 15) is 14.4 Å². The number of imide groups is 1. The Labute approximate surface area is 213 Å². The normalized spacial score (nSPS) is 14.5. The van der Waals surface area contributed by atoms with Gasteiger partial charge in [0, 0.05) is 5.02 Å². The summed E-state index contributed by atoms with van der Waals surface area (Å²) in [5.41, 5.74) is 1.04. The molecular formula is C25H17BrClNO5S. The Kier molecular flexibility index (Phi) is 7.72.